The molecular weight excluding hydrogens is 246 g/mol. The number of amides is 1. The van der Waals surface area contributed by atoms with Crippen LogP contribution < -0.4 is 0 Å². The molecule has 0 radical (unpaired) electrons. The van der Waals surface area contributed by atoms with Crippen LogP contribution >= 0.6 is 11.6 Å². The number of hydrogen-bond donors (Lipinski definition) is 0. The van der Waals surface area contributed by atoms with E-state index in [2.05, 4.69) is 0 Å². The first-order chi connectivity index (χ1) is 8.74. The summed E-state index contributed by atoms with van der Waals surface area (Å²) in [7, 11) is 0. The lowest BCUT2D eigenvalue weighted by Gasteiger charge is -2.22. The first kappa shape index (κ1) is 12.0. The molecule has 2 unspecified atom stereocenters. The molecule has 3 heteroatoms. The molecule has 0 spiro atoms. The van der Waals surface area contributed by atoms with Crippen LogP contribution in [0.1, 0.15) is 36.0 Å². The molecule has 2 nitrogen and oxygen atoms in total. The summed E-state index contributed by atoms with van der Waals surface area (Å²) in [5.41, 5.74) is 0.762. The largest absolute Gasteiger partial charge is 0.338 e. The molecule has 1 saturated heterocycles. The highest BCUT2D eigenvalue weighted by molar-refractivity contribution is 6.30. The highest BCUT2D eigenvalue weighted by Gasteiger charge is 2.36. The molecule has 2 atom stereocenters. The molecular formula is C15H18ClNO. The Kier molecular flexibility index (Phi) is 3.29. The minimum Gasteiger partial charge on any atom is -0.338 e. The van der Waals surface area contributed by atoms with Gasteiger partial charge in [-0.2, -0.15) is 0 Å². The molecule has 18 heavy (non-hydrogen) atoms. The van der Waals surface area contributed by atoms with Gasteiger partial charge in [0.05, 0.1) is 0 Å². The maximum Gasteiger partial charge on any atom is 0.253 e. The molecule has 1 aromatic rings. The Labute approximate surface area is 113 Å². The summed E-state index contributed by atoms with van der Waals surface area (Å²) in [4.78, 5) is 14.4. The first-order valence-corrected chi connectivity index (χ1v) is 7.16. The summed E-state index contributed by atoms with van der Waals surface area (Å²) in [5, 5.41) is 0.682. The predicted octanol–water partition coefficient (Wildman–Crippen LogP) is 3.60. The van der Waals surface area contributed by atoms with E-state index in [0.29, 0.717) is 5.02 Å². The maximum absolute atomic E-state index is 12.4. The Bertz CT molecular complexity index is 428. The Balaban J connectivity index is 1.72. The van der Waals surface area contributed by atoms with Gasteiger partial charge in [-0.1, -0.05) is 24.4 Å². The summed E-state index contributed by atoms with van der Waals surface area (Å²) in [6, 6.07) is 7.23. The molecule has 1 heterocycles. The first-order valence-electron chi connectivity index (χ1n) is 6.79. The molecule has 0 bridgehead atoms. The molecule has 3 rings (SSSR count). The van der Waals surface area contributed by atoms with Crippen molar-refractivity contribution in [2.24, 2.45) is 11.8 Å². The van der Waals surface area contributed by atoms with Crippen LogP contribution in [0.3, 0.4) is 0 Å². The summed E-state index contributed by atoms with van der Waals surface area (Å²) in [6.07, 6.45) is 5.28. The quantitative estimate of drug-likeness (QED) is 0.758. The summed E-state index contributed by atoms with van der Waals surface area (Å²) in [6.45, 7) is 1.90. The number of hydrogen-bond acceptors (Lipinski definition) is 1. The fourth-order valence-electron chi connectivity index (χ4n) is 3.35. The molecule has 2 aliphatic rings. The third-order valence-corrected chi connectivity index (χ3v) is 4.61. The third-order valence-electron chi connectivity index (χ3n) is 4.35. The Hall–Kier alpha value is -1.02. The summed E-state index contributed by atoms with van der Waals surface area (Å²) in [5.74, 6) is 1.66. The van der Waals surface area contributed by atoms with Crippen molar-refractivity contribution >= 4 is 17.5 Å². The van der Waals surface area contributed by atoms with E-state index in [-0.39, 0.29) is 5.91 Å². The molecule has 1 aromatic carbocycles. The van der Waals surface area contributed by atoms with Gasteiger partial charge in [0, 0.05) is 23.7 Å². The number of carbonyl (C=O) groups is 1. The van der Waals surface area contributed by atoms with Gasteiger partial charge in [-0.05, 0) is 48.9 Å². The van der Waals surface area contributed by atoms with Crippen LogP contribution in [0.5, 0.6) is 0 Å². The Morgan fingerprint density at radius 1 is 1.06 bits per heavy atom. The number of nitrogens with zero attached hydrogens (tertiary/aromatic N) is 1. The number of rotatable bonds is 1. The number of halogens is 1. The Morgan fingerprint density at radius 2 is 1.61 bits per heavy atom. The van der Waals surface area contributed by atoms with Crippen molar-refractivity contribution in [3.63, 3.8) is 0 Å². The maximum atomic E-state index is 12.4. The number of benzene rings is 1. The molecule has 1 aliphatic carbocycles. The highest BCUT2D eigenvalue weighted by atomic mass is 35.5. The monoisotopic (exact) mass is 263 g/mol. The zero-order chi connectivity index (χ0) is 12.5. The van der Waals surface area contributed by atoms with Crippen LogP contribution in [0.25, 0.3) is 0 Å². The van der Waals surface area contributed by atoms with E-state index in [1.54, 1.807) is 12.1 Å². The molecule has 0 aromatic heterocycles. The highest BCUT2D eigenvalue weighted by Crippen LogP contribution is 2.36. The van der Waals surface area contributed by atoms with Crippen molar-refractivity contribution in [2.75, 3.05) is 13.1 Å². The van der Waals surface area contributed by atoms with E-state index in [1.807, 2.05) is 17.0 Å². The fraction of sp³-hybridized carbons (Fsp3) is 0.533. The molecule has 2 fully saturated rings. The minimum atomic E-state index is 0.168. The van der Waals surface area contributed by atoms with Gasteiger partial charge in [0.2, 0.25) is 0 Å². The summed E-state index contributed by atoms with van der Waals surface area (Å²) < 4.78 is 0. The standard InChI is InChI=1S/C15H18ClNO/c16-14-7-5-11(6-8-14)15(18)17-9-12-3-1-2-4-13(12)10-17/h5-8,12-13H,1-4,9-10H2. The molecule has 96 valence electrons. The average molecular weight is 264 g/mol. The smallest absolute Gasteiger partial charge is 0.253 e. The van der Waals surface area contributed by atoms with Crippen molar-refractivity contribution in [3.8, 4) is 0 Å². The van der Waals surface area contributed by atoms with Gasteiger partial charge in [-0.25, -0.2) is 0 Å². The van der Waals surface area contributed by atoms with Crippen molar-refractivity contribution < 1.29 is 4.79 Å². The second-order valence-corrected chi connectivity index (χ2v) is 5.96. The van der Waals surface area contributed by atoms with Crippen molar-refractivity contribution in [2.45, 2.75) is 25.7 Å². The van der Waals surface area contributed by atoms with Crippen LogP contribution in [-0.2, 0) is 0 Å². The van der Waals surface area contributed by atoms with Crippen molar-refractivity contribution in [1.82, 2.24) is 4.90 Å². The second kappa shape index (κ2) is 4.93. The third kappa shape index (κ3) is 2.26. The van der Waals surface area contributed by atoms with Gasteiger partial charge in [0.1, 0.15) is 0 Å². The van der Waals surface area contributed by atoms with E-state index in [4.69, 9.17) is 11.6 Å². The molecule has 1 aliphatic heterocycles. The van der Waals surface area contributed by atoms with E-state index in [1.165, 1.54) is 25.7 Å². The number of carbonyl (C=O) groups excluding carboxylic acids is 1. The summed E-state index contributed by atoms with van der Waals surface area (Å²) >= 11 is 5.85. The molecule has 1 saturated carbocycles. The lowest BCUT2D eigenvalue weighted by Crippen LogP contribution is -2.28. The van der Waals surface area contributed by atoms with Gasteiger partial charge >= 0.3 is 0 Å². The minimum absolute atomic E-state index is 0.168. The number of likely N-dealkylation sites (tertiary alicyclic amines) is 1. The normalized spacial score (nSPS) is 27.1. The topological polar surface area (TPSA) is 20.3 Å². The van der Waals surface area contributed by atoms with Gasteiger partial charge in [-0.15, -0.1) is 0 Å². The van der Waals surface area contributed by atoms with Crippen LogP contribution in [0.2, 0.25) is 5.02 Å². The van der Waals surface area contributed by atoms with E-state index >= 15 is 0 Å². The van der Waals surface area contributed by atoms with Gasteiger partial charge in [0.25, 0.3) is 5.91 Å². The zero-order valence-corrected chi connectivity index (χ0v) is 11.2. The van der Waals surface area contributed by atoms with E-state index < -0.39 is 0 Å². The van der Waals surface area contributed by atoms with Gasteiger partial charge in [0.15, 0.2) is 0 Å². The van der Waals surface area contributed by atoms with E-state index in [0.717, 1.165) is 30.5 Å². The number of fused-ring (bicyclic) bond motifs is 1. The van der Waals surface area contributed by atoms with Crippen molar-refractivity contribution in [3.05, 3.63) is 34.9 Å². The van der Waals surface area contributed by atoms with E-state index in [9.17, 15) is 4.79 Å². The van der Waals surface area contributed by atoms with Crippen LogP contribution in [0.15, 0.2) is 24.3 Å². The van der Waals surface area contributed by atoms with Crippen LogP contribution in [-0.4, -0.2) is 23.9 Å². The molecule has 0 N–H and O–H groups in total. The lowest BCUT2D eigenvalue weighted by molar-refractivity contribution is 0.0784. The predicted molar refractivity (Wildman–Crippen MR) is 72.8 cm³/mol. The Morgan fingerprint density at radius 3 is 2.17 bits per heavy atom. The molecule has 1 amide bonds. The van der Waals surface area contributed by atoms with Gasteiger partial charge < -0.3 is 4.90 Å². The fourth-order valence-corrected chi connectivity index (χ4v) is 3.47. The SMILES string of the molecule is O=C(c1ccc(Cl)cc1)N1CC2CCCCC2C1. The van der Waals surface area contributed by atoms with Gasteiger partial charge in [-0.3, -0.25) is 4.79 Å². The average Bonchev–Trinajstić information content (AvgIpc) is 2.82. The lowest BCUT2D eigenvalue weighted by atomic mass is 9.82. The second-order valence-electron chi connectivity index (χ2n) is 5.52. The van der Waals surface area contributed by atoms with Crippen molar-refractivity contribution in [1.29, 1.82) is 0 Å². The van der Waals surface area contributed by atoms with Crippen LogP contribution in [0, 0.1) is 11.8 Å². The zero-order valence-electron chi connectivity index (χ0n) is 10.4. The van der Waals surface area contributed by atoms with Crippen LogP contribution in [0.4, 0.5) is 0 Å².